The van der Waals surface area contributed by atoms with E-state index >= 15 is 0 Å². The van der Waals surface area contributed by atoms with Gasteiger partial charge in [-0.3, -0.25) is 9.59 Å². The number of rotatable bonds is 3. The van der Waals surface area contributed by atoms with Gasteiger partial charge < -0.3 is 14.4 Å². The summed E-state index contributed by atoms with van der Waals surface area (Å²) in [6.07, 6.45) is 3.01. The van der Waals surface area contributed by atoms with Crippen molar-refractivity contribution in [3.05, 3.63) is 69.5 Å². The third kappa shape index (κ3) is 3.28. The van der Waals surface area contributed by atoms with E-state index in [4.69, 9.17) is 4.52 Å². The summed E-state index contributed by atoms with van der Waals surface area (Å²) in [5.41, 5.74) is 2.24. The Kier molecular flexibility index (Phi) is 4.35. The number of hydrogen-bond acceptors (Lipinski definition) is 5. The maximum atomic E-state index is 13.0. The highest BCUT2D eigenvalue weighted by molar-refractivity contribution is 5.94. The predicted molar refractivity (Wildman–Crippen MR) is 99.3 cm³/mol. The van der Waals surface area contributed by atoms with Crippen LogP contribution >= 0.6 is 0 Å². The van der Waals surface area contributed by atoms with Crippen LogP contribution in [0, 0.1) is 13.8 Å². The van der Waals surface area contributed by atoms with Gasteiger partial charge in [-0.05, 0) is 26.7 Å². The molecule has 1 N–H and O–H groups in total. The molecule has 1 saturated heterocycles. The summed E-state index contributed by atoms with van der Waals surface area (Å²) in [4.78, 5) is 34.2. The Hall–Kier alpha value is -3.22. The van der Waals surface area contributed by atoms with E-state index in [2.05, 4.69) is 15.1 Å². The van der Waals surface area contributed by atoms with Crippen molar-refractivity contribution in [1.82, 2.24) is 20.0 Å². The van der Waals surface area contributed by atoms with Crippen molar-refractivity contribution in [3.63, 3.8) is 0 Å². The van der Waals surface area contributed by atoms with Gasteiger partial charge in [0.1, 0.15) is 22.8 Å². The molecule has 1 aliphatic rings. The first-order valence-corrected chi connectivity index (χ1v) is 8.93. The van der Waals surface area contributed by atoms with Gasteiger partial charge in [-0.1, -0.05) is 35.0 Å². The van der Waals surface area contributed by atoms with Crippen LogP contribution in [0.5, 0.6) is 0 Å². The molecule has 3 aromatic rings. The predicted octanol–water partition coefficient (Wildman–Crippen LogP) is 3.02. The Morgan fingerprint density at radius 2 is 2.04 bits per heavy atom. The van der Waals surface area contributed by atoms with Crippen molar-refractivity contribution in [2.75, 3.05) is 6.54 Å². The molecule has 0 radical (unpaired) electrons. The topological polar surface area (TPSA) is 92.1 Å². The fourth-order valence-electron chi connectivity index (χ4n) is 3.42. The number of hydrogen-bond donors (Lipinski definition) is 1. The molecular formula is C20H20N4O3. The lowest BCUT2D eigenvalue weighted by Gasteiger charge is -2.22. The molecule has 1 fully saturated rings. The standard InChI is InChI=1S/C20H20N4O3/c1-12-5-7-14(8-6-12)18-21-11-15(19(25)22-18)20(26)24-9-3-4-17(24)16-10-13(2)27-23-16/h5-8,10-11,17H,3-4,9H2,1-2H3,(H,21,22,25)/t17-/m1/s1. The molecule has 138 valence electrons. The Balaban J connectivity index is 1.62. The van der Waals surface area contributed by atoms with Crippen LogP contribution in [0.25, 0.3) is 11.4 Å². The molecule has 0 saturated carbocycles. The van der Waals surface area contributed by atoms with E-state index in [0.717, 1.165) is 29.7 Å². The van der Waals surface area contributed by atoms with E-state index in [-0.39, 0.29) is 17.5 Å². The molecule has 2 aromatic heterocycles. The number of carbonyl (C=O) groups is 1. The van der Waals surface area contributed by atoms with Crippen LogP contribution in [0.3, 0.4) is 0 Å². The molecule has 27 heavy (non-hydrogen) atoms. The summed E-state index contributed by atoms with van der Waals surface area (Å²) >= 11 is 0. The van der Waals surface area contributed by atoms with Crippen molar-refractivity contribution in [2.24, 2.45) is 0 Å². The number of amides is 1. The minimum absolute atomic E-state index is 0.0398. The number of nitrogens with zero attached hydrogens (tertiary/aromatic N) is 3. The smallest absolute Gasteiger partial charge is 0.264 e. The summed E-state index contributed by atoms with van der Waals surface area (Å²) in [7, 11) is 0. The minimum Gasteiger partial charge on any atom is -0.361 e. The molecule has 0 aliphatic carbocycles. The summed E-state index contributed by atoms with van der Waals surface area (Å²) in [5, 5.41) is 4.04. The van der Waals surface area contributed by atoms with Gasteiger partial charge in [0.2, 0.25) is 0 Å². The quantitative estimate of drug-likeness (QED) is 0.771. The lowest BCUT2D eigenvalue weighted by atomic mass is 10.1. The first-order valence-electron chi connectivity index (χ1n) is 8.93. The lowest BCUT2D eigenvalue weighted by Crippen LogP contribution is -2.34. The Morgan fingerprint density at radius 1 is 1.26 bits per heavy atom. The number of aromatic nitrogens is 3. The zero-order valence-electron chi connectivity index (χ0n) is 15.2. The summed E-state index contributed by atoms with van der Waals surface area (Å²) in [6, 6.07) is 9.33. The fraction of sp³-hybridized carbons (Fsp3) is 0.300. The number of likely N-dealkylation sites (tertiary alicyclic amines) is 1. The van der Waals surface area contributed by atoms with Crippen LogP contribution in [-0.4, -0.2) is 32.5 Å². The fourth-order valence-corrected chi connectivity index (χ4v) is 3.42. The van der Waals surface area contributed by atoms with Crippen molar-refractivity contribution >= 4 is 5.91 Å². The molecule has 0 spiro atoms. The molecule has 3 heterocycles. The zero-order chi connectivity index (χ0) is 19.0. The summed E-state index contributed by atoms with van der Waals surface area (Å²) < 4.78 is 5.14. The number of aromatic amines is 1. The maximum absolute atomic E-state index is 13.0. The van der Waals surface area contributed by atoms with Gasteiger partial charge in [0.15, 0.2) is 0 Å². The van der Waals surface area contributed by atoms with Crippen LogP contribution in [0.1, 0.15) is 46.3 Å². The number of benzene rings is 1. The Labute approximate surface area is 156 Å². The summed E-state index contributed by atoms with van der Waals surface area (Å²) in [6.45, 7) is 4.38. The van der Waals surface area contributed by atoms with Crippen LogP contribution in [0.4, 0.5) is 0 Å². The normalized spacial score (nSPS) is 16.7. The SMILES string of the molecule is Cc1ccc(-c2ncc(C(=O)N3CCC[C@@H]3c3cc(C)on3)c(=O)[nH]2)cc1. The largest absolute Gasteiger partial charge is 0.361 e. The van der Waals surface area contributed by atoms with Gasteiger partial charge in [-0.25, -0.2) is 4.98 Å². The van der Waals surface area contributed by atoms with Gasteiger partial charge in [0, 0.05) is 24.4 Å². The Bertz CT molecular complexity index is 1040. The van der Waals surface area contributed by atoms with Gasteiger partial charge >= 0.3 is 0 Å². The van der Waals surface area contributed by atoms with Gasteiger partial charge in [0.25, 0.3) is 11.5 Å². The second kappa shape index (κ2) is 6.83. The van der Waals surface area contributed by atoms with E-state index < -0.39 is 5.56 Å². The van der Waals surface area contributed by atoms with Crippen molar-refractivity contribution < 1.29 is 9.32 Å². The van der Waals surface area contributed by atoms with Gasteiger partial charge in [0.05, 0.1) is 6.04 Å². The number of nitrogens with one attached hydrogen (secondary N) is 1. The third-order valence-corrected chi connectivity index (χ3v) is 4.86. The molecule has 0 unspecified atom stereocenters. The molecule has 0 bridgehead atoms. The zero-order valence-corrected chi connectivity index (χ0v) is 15.2. The molecular weight excluding hydrogens is 344 g/mol. The van der Waals surface area contributed by atoms with Gasteiger partial charge in [-0.15, -0.1) is 0 Å². The molecule has 7 heteroatoms. The minimum atomic E-state index is -0.437. The highest BCUT2D eigenvalue weighted by Gasteiger charge is 2.33. The molecule has 1 aliphatic heterocycles. The molecule has 1 atom stereocenters. The van der Waals surface area contributed by atoms with E-state index in [1.54, 1.807) is 4.90 Å². The number of aryl methyl sites for hydroxylation is 2. The van der Waals surface area contributed by atoms with Crippen molar-refractivity contribution in [3.8, 4) is 11.4 Å². The first kappa shape index (κ1) is 17.2. The van der Waals surface area contributed by atoms with E-state index in [0.29, 0.717) is 18.1 Å². The van der Waals surface area contributed by atoms with E-state index in [1.807, 2.05) is 44.2 Å². The summed E-state index contributed by atoms with van der Waals surface area (Å²) in [5.74, 6) is 0.815. The average Bonchev–Trinajstić information content (AvgIpc) is 3.30. The first-order chi connectivity index (χ1) is 13.0. The maximum Gasteiger partial charge on any atom is 0.264 e. The van der Waals surface area contributed by atoms with E-state index in [9.17, 15) is 9.59 Å². The van der Waals surface area contributed by atoms with Crippen LogP contribution in [0.15, 0.2) is 45.8 Å². The number of H-pyrrole nitrogens is 1. The van der Waals surface area contributed by atoms with Gasteiger partial charge in [-0.2, -0.15) is 0 Å². The highest BCUT2D eigenvalue weighted by atomic mass is 16.5. The lowest BCUT2D eigenvalue weighted by molar-refractivity contribution is 0.0728. The monoisotopic (exact) mass is 364 g/mol. The molecule has 4 rings (SSSR count). The second-order valence-corrected chi connectivity index (χ2v) is 6.86. The van der Waals surface area contributed by atoms with E-state index in [1.165, 1.54) is 6.20 Å². The molecule has 7 nitrogen and oxygen atoms in total. The van der Waals surface area contributed by atoms with Crippen LogP contribution in [-0.2, 0) is 0 Å². The van der Waals surface area contributed by atoms with Crippen LogP contribution in [0.2, 0.25) is 0 Å². The second-order valence-electron chi connectivity index (χ2n) is 6.86. The third-order valence-electron chi connectivity index (χ3n) is 4.86. The molecule has 1 aromatic carbocycles. The highest BCUT2D eigenvalue weighted by Crippen LogP contribution is 2.32. The Morgan fingerprint density at radius 3 is 2.70 bits per heavy atom. The average molecular weight is 364 g/mol. The molecule has 1 amide bonds. The number of carbonyl (C=O) groups excluding carboxylic acids is 1. The van der Waals surface area contributed by atoms with Crippen molar-refractivity contribution in [1.29, 1.82) is 0 Å². The van der Waals surface area contributed by atoms with Crippen molar-refractivity contribution in [2.45, 2.75) is 32.7 Å². The van der Waals surface area contributed by atoms with Crippen LogP contribution < -0.4 is 5.56 Å².